The first-order valence-electron chi connectivity index (χ1n) is 5.26. The van der Waals surface area contributed by atoms with E-state index >= 15 is 0 Å². The summed E-state index contributed by atoms with van der Waals surface area (Å²) in [6.45, 7) is 0.997. The van der Waals surface area contributed by atoms with E-state index in [0.717, 1.165) is 0 Å². The van der Waals surface area contributed by atoms with Crippen LogP contribution in [0.5, 0.6) is 0 Å². The first-order valence-corrected chi connectivity index (χ1v) is 5.26. The SMILES string of the molecule is CC(F)(F)C(F)(F)C(O)CC1CCOCC1. The monoisotopic (exact) mass is 244 g/mol. The molecule has 1 unspecified atom stereocenters. The molecule has 1 N–H and O–H groups in total. The average Bonchev–Trinajstić information content (AvgIpc) is 2.17. The van der Waals surface area contributed by atoms with Crippen LogP contribution < -0.4 is 0 Å². The van der Waals surface area contributed by atoms with E-state index in [-0.39, 0.29) is 19.3 Å². The number of hydrogen-bond donors (Lipinski definition) is 1. The third-order valence-corrected chi connectivity index (χ3v) is 2.90. The maximum atomic E-state index is 13.0. The van der Waals surface area contributed by atoms with Crippen molar-refractivity contribution >= 4 is 0 Å². The second-order valence-electron chi connectivity index (χ2n) is 4.32. The van der Waals surface area contributed by atoms with E-state index in [0.29, 0.717) is 26.1 Å². The first-order chi connectivity index (χ1) is 7.25. The second kappa shape index (κ2) is 4.87. The van der Waals surface area contributed by atoms with Gasteiger partial charge >= 0.3 is 11.8 Å². The van der Waals surface area contributed by atoms with Gasteiger partial charge in [-0.15, -0.1) is 0 Å². The Kier molecular flexibility index (Phi) is 4.17. The summed E-state index contributed by atoms with van der Waals surface area (Å²) in [5.74, 6) is -8.74. The van der Waals surface area contributed by atoms with E-state index in [1.54, 1.807) is 0 Å². The molecule has 0 aliphatic carbocycles. The number of hydrogen-bond acceptors (Lipinski definition) is 2. The highest BCUT2D eigenvalue weighted by Gasteiger charge is 2.57. The number of aliphatic hydroxyl groups excluding tert-OH is 1. The number of halogens is 4. The third kappa shape index (κ3) is 3.07. The van der Waals surface area contributed by atoms with Crippen molar-refractivity contribution in [2.45, 2.75) is 44.1 Å². The van der Waals surface area contributed by atoms with Crippen molar-refractivity contribution in [3.8, 4) is 0 Å². The standard InChI is InChI=1S/C10H16F4O2/c1-9(11,12)10(13,14)8(15)6-7-2-4-16-5-3-7/h7-8,15H,2-6H2,1H3. The number of ether oxygens (including phenoxy) is 1. The lowest BCUT2D eigenvalue weighted by Crippen LogP contribution is -2.48. The van der Waals surface area contributed by atoms with Crippen molar-refractivity contribution in [3.63, 3.8) is 0 Å². The molecule has 0 amide bonds. The zero-order valence-electron chi connectivity index (χ0n) is 9.06. The van der Waals surface area contributed by atoms with Crippen molar-refractivity contribution in [2.75, 3.05) is 13.2 Å². The Bertz CT molecular complexity index is 221. The molecule has 1 atom stereocenters. The molecule has 0 aromatic carbocycles. The lowest BCUT2D eigenvalue weighted by atomic mass is 9.90. The van der Waals surface area contributed by atoms with Crippen LogP contribution in [0.2, 0.25) is 0 Å². The molecule has 0 aromatic rings. The Morgan fingerprint density at radius 1 is 1.25 bits per heavy atom. The maximum Gasteiger partial charge on any atom is 0.335 e. The van der Waals surface area contributed by atoms with Gasteiger partial charge in [0.2, 0.25) is 0 Å². The third-order valence-electron chi connectivity index (χ3n) is 2.90. The van der Waals surface area contributed by atoms with Crippen LogP contribution in [-0.4, -0.2) is 36.3 Å². The number of alkyl halides is 4. The first kappa shape index (κ1) is 13.7. The number of rotatable bonds is 4. The van der Waals surface area contributed by atoms with Gasteiger partial charge in [-0.05, 0) is 25.2 Å². The minimum atomic E-state index is -4.37. The van der Waals surface area contributed by atoms with Gasteiger partial charge in [0.15, 0.2) is 0 Å². The van der Waals surface area contributed by atoms with Gasteiger partial charge in [-0.3, -0.25) is 0 Å². The normalized spacial score (nSPS) is 22.1. The Morgan fingerprint density at radius 2 is 1.75 bits per heavy atom. The molecule has 1 fully saturated rings. The molecule has 96 valence electrons. The highest BCUT2D eigenvalue weighted by Crippen LogP contribution is 2.39. The topological polar surface area (TPSA) is 29.5 Å². The molecule has 0 spiro atoms. The largest absolute Gasteiger partial charge is 0.387 e. The molecular weight excluding hydrogens is 228 g/mol. The summed E-state index contributed by atoms with van der Waals surface area (Å²) < 4.78 is 56.3. The summed E-state index contributed by atoms with van der Waals surface area (Å²) in [5, 5.41) is 9.19. The van der Waals surface area contributed by atoms with Crippen LogP contribution in [0, 0.1) is 5.92 Å². The van der Waals surface area contributed by atoms with E-state index in [1.165, 1.54) is 0 Å². The Morgan fingerprint density at radius 3 is 2.19 bits per heavy atom. The van der Waals surface area contributed by atoms with Crippen molar-refractivity contribution in [1.29, 1.82) is 0 Å². The smallest absolute Gasteiger partial charge is 0.335 e. The highest BCUT2D eigenvalue weighted by atomic mass is 19.3. The summed E-state index contributed by atoms with van der Waals surface area (Å²) in [5.41, 5.74) is 0. The van der Waals surface area contributed by atoms with E-state index in [2.05, 4.69) is 0 Å². The molecule has 0 aromatic heterocycles. The molecule has 6 heteroatoms. The molecule has 1 saturated heterocycles. The quantitative estimate of drug-likeness (QED) is 0.770. The van der Waals surface area contributed by atoms with E-state index < -0.39 is 17.9 Å². The molecule has 0 bridgehead atoms. The Labute approximate surface area is 91.6 Å². The van der Waals surface area contributed by atoms with Crippen LogP contribution in [0.3, 0.4) is 0 Å². The summed E-state index contributed by atoms with van der Waals surface area (Å²) in [6, 6.07) is 0. The molecule has 1 aliphatic rings. The van der Waals surface area contributed by atoms with Gasteiger partial charge in [-0.2, -0.15) is 8.78 Å². The zero-order chi connectivity index (χ0) is 12.4. The molecule has 1 aliphatic heterocycles. The van der Waals surface area contributed by atoms with Gasteiger partial charge in [0.25, 0.3) is 0 Å². The predicted octanol–water partition coefficient (Wildman–Crippen LogP) is 2.45. The van der Waals surface area contributed by atoms with Gasteiger partial charge in [-0.1, -0.05) is 0 Å². The predicted molar refractivity (Wildman–Crippen MR) is 49.7 cm³/mol. The van der Waals surface area contributed by atoms with Crippen LogP contribution in [-0.2, 0) is 4.74 Å². The van der Waals surface area contributed by atoms with E-state index in [1.807, 2.05) is 0 Å². The lowest BCUT2D eigenvalue weighted by Gasteiger charge is -2.31. The fraction of sp³-hybridized carbons (Fsp3) is 1.00. The van der Waals surface area contributed by atoms with Crippen molar-refractivity contribution in [2.24, 2.45) is 5.92 Å². The van der Waals surface area contributed by atoms with Crippen LogP contribution >= 0.6 is 0 Å². The fourth-order valence-electron chi connectivity index (χ4n) is 1.74. The summed E-state index contributed by atoms with van der Waals surface area (Å²) in [4.78, 5) is 0. The number of aliphatic hydroxyl groups is 1. The minimum Gasteiger partial charge on any atom is -0.387 e. The van der Waals surface area contributed by atoms with Gasteiger partial charge in [0.1, 0.15) is 6.10 Å². The van der Waals surface area contributed by atoms with E-state index in [4.69, 9.17) is 4.74 Å². The maximum absolute atomic E-state index is 13.0. The second-order valence-corrected chi connectivity index (χ2v) is 4.32. The van der Waals surface area contributed by atoms with Crippen molar-refractivity contribution in [3.05, 3.63) is 0 Å². The van der Waals surface area contributed by atoms with Crippen molar-refractivity contribution in [1.82, 2.24) is 0 Å². The molecule has 0 saturated carbocycles. The lowest BCUT2D eigenvalue weighted by molar-refractivity contribution is -0.248. The van der Waals surface area contributed by atoms with Crippen LogP contribution in [0.25, 0.3) is 0 Å². The van der Waals surface area contributed by atoms with E-state index in [9.17, 15) is 22.7 Å². The molecule has 2 nitrogen and oxygen atoms in total. The van der Waals surface area contributed by atoms with Gasteiger partial charge in [-0.25, -0.2) is 8.78 Å². The Balaban J connectivity index is 2.53. The van der Waals surface area contributed by atoms with Crippen LogP contribution in [0.15, 0.2) is 0 Å². The summed E-state index contributed by atoms with van der Waals surface area (Å²) in [6.07, 6.45) is -1.54. The molecule has 1 rings (SSSR count). The summed E-state index contributed by atoms with van der Waals surface area (Å²) >= 11 is 0. The Hall–Kier alpha value is -0.360. The molecule has 1 heterocycles. The van der Waals surface area contributed by atoms with Crippen LogP contribution in [0.1, 0.15) is 26.2 Å². The minimum absolute atomic E-state index is 0.125. The highest BCUT2D eigenvalue weighted by molar-refractivity contribution is 4.89. The van der Waals surface area contributed by atoms with Gasteiger partial charge in [0, 0.05) is 20.1 Å². The van der Waals surface area contributed by atoms with Gasteiger partial charge < -0.3 is 9.84 Å². The molecular formula is C10H16F4O2. The van der Waals surface area contributed by atoms with Crippen molar-refractivity contribution < 1.29 is 27.4 Å². The molecule has 0 radical (unpaired) electrons. The van der Waals surface area contributed by atoms with Crippen LogP contribution in [0.4, 0.5) is 17.6 Å². The average molecular weight is 244 g/mol. The summed E-state index contributed by atoms with van der Waals surface area (Å²) in [7, 11) is 0. The zero-order valence-corrected chi connectivity index (χ0v) is 9.06. The molecule has 16 heavy (non-hydrogen) atoms. The van der Waals surface area contributed by atoms with Gasteiger partial charge in [0.05, 0.1) is 0 Å². The fourth-order valence-corrected chi connectivity index (χ4v) is 1.74.